The molecule has 138 valence electrons. The molecule has 0 heterocycles. The second-order valence-electron chi connectivity index (χ2n) is 8.31. The van der Waals surface area contributed by atoms with E-state index in [0.29, 0.717) is 11.8 Å². The Hall–Kier alpha value is -0.790. The summed E-state index contributed by atoms with van der Waals surface area (Å²) in [5.41, 5.74) is 2.18. The maximum Gasteiger partial charge on any atom is 0.219 e. The molecule has 1 N–H and O–H groups in total. The van der Waals surface area contributed by atoms with Gasteiger partial charge in [0.15, 0.2) is 0 Å². The van der Waals surface area contributed by atoms with E-state index in [1.807, 2.05) is 20.8 Å². The van der Waals surface area contributed by atoms with Crippen LogP contribution in [0.2, 0.25) is 0 Å². The van der Waals surface area contributed by atoms with Gasteiger partial charge in [-0.2, -0.15) is 0 Å². The van der Waals surface area contributed by atoms with Crippen LogP contribution in [-0.4, -0.2) is 12.5 Å². The molecule has 1 amide bonds. The summed E-state index contributed by atoms with van der Waals surface area (Å²) in [6, 6.07) is 0. The van der Waals surface area contributed by atoms with Gasteiger partial charge < -0.3 is 5.32 Å². The Morgan fingerprint density at radius 3 is 2.75 bits per heavy atom. The van der Waals surface area contributed by atoms with E-state index < -0.39 is 0 Å². The summed E-state index contributed by atoms with van der Waals surface area (Å²) in [5, 5.41) is 3.04. The minimum atomic E-state index is 0.195. The van der Waals surface area contributed by atoms with E-state index in [9.17, 15) is 4.79 Å². The van der Waals surface area contributed by atoms with E-state index in [4.69, 9.17) is 0 Å². The zero-order valence-corrected chi connectivity index (χ0v) is 16.5. The molecule has 5 atom stereocenters. The Labute approximate surface area is 149 Å². The van der Waals surface area contributed by atoms with Crippen molar-refractivity contribution in [1.82, 2.24) is 5.32 Å². The highest BCUT2D eigenvalue weighted by Crippen LogP contribution is 2.64. The SMILES string of the molecule is C=C1C[C@@]23CCC(C)C(CCCNC(=O)CC)C2CC[C@@H]1C3.CC. The summed E-state index contributed by atoms with van der Waals surface area (Å²) < 4.78 is 0. The summed E-state index contributed by atoms with van der Waals surface area (Å²) >= 11 is 0. The molecule has 1 spiro atoms. The van der Waals surface area contributed by atoms with Gasteiger partial charge in [0.25, 0.3) is 0 Å². The molecule has 3 unspecified atom stereocenters. The number of nitrogens with one attached hydrogen (secondary N) is 1. The van der Waals surface area contributed by atoms with Gasteiger partial charge in [-0.05, 0) is 80.5 Å². The third-order valence-electron chi connectivity index (χ3n) is 7.12. The van der Waals surface area contributed by atoms with Crippen molar-refractivity contribution in [1.29, 1.82) is 0 Å². The van der Waals surface area contributed by atoms with Gasteiger partial charge in [0, 0.05) is 13.0 Å². The van der Waals surface area contributed by atoms with Crippen molar-refractivity contribution in [3.05, 3.63) is 12.2 Å². The zero-order chi connectivity index (χ0) is 17.7. The Morgan fingerprint density at radius 2 is 2.04 bits per heavy atom. The number of amides is 1. The van der Waals surface area contributed by atoms with E-state index >= 15 is 0 Å². The van der Waals surface area contributed by atoms with E-state index in [0.717, 1.165) is 36.6 Å². The quantitative estimate of drug-likeness (QED) is 0.505. The maximum absolute atomic E-state index is 11.4. The first-order valence-corrected chi connectivity index (χ1v) is 10.5. The topological polar surface area (TPSA) is 29.1 Å². The van der Waals surface area contributed by atoms with Crippen molar-refractivity contribution in [2.75, 3.05) is 6.54 Å². The molecule has 3 fully saturated rings. The Morgan fingerprint density at radius 1 is 1.29 bits per heavy atom. The third kappa shape index (κ3) is 3.89. The van der Waals surface area contributed by atoms with Gasteiger partial charge in [0.2, 0.25) is 5.91 Å². The van der Waals surface area contributed by atoms with E-state index in [1.54, 1.807) is 5.57 Å². The summed E-state index contributed by atoms with van der Waals surface area (Å²) in [6.07, 6.45) is 11.5. The molecule has 3 aliphatic carbocycles. The van der Waals surface area contributed by atoms with Gasteiger partial charge >= 0.3 is 0 Å². The molecule has 0 aromatic carbocycles. The largest absolute Gasteiger partial charge is 0.356 e. The molecule has 2 bridgehead atoms. The summed E-state index contributed by atoms with van der Waals surface area (Å²) in [4.78, 5) is 11.4. The standard InChI is InChI=1S/C20H33NO.C2H6/c1-4-19(22)21-11-5-6-17-14(2)9-10-20-12-15(3)16(13-20)7-8-18(17)20;1-2/h14,16-18H,3-13H2,1-2H3,(H,21,22);1-2H3/t14?,16-,17?,18?,20-;/m1./s1. The molecule has 0 saturated heterocycles. The summed E-state index contributed by atoms with van der Waals surface area (Å²) in [5.74, 6) is 3.70. The minimum absolute atomic E-state index is 0.195. The van der Waals surface area contributed by atoms with Gasteiger partial charge in [-0.3, -0.25) is 4.79 Å². The number of carbonyl (C=O) groups is 1. The molecule has 2 heteroatoms. The normalized spacial score (nSPS) is 37.2. The second kappa shape index (κ2) is 8.54. The van der Waals surface area contributed by atoms with E-state index in [2.05, 4.69) is 18.8 Å². The number of hydrogen-bond donors (Lipinski definition) is 1. The number of hydrogen-bond acceptors (Lipinski definition) is 1. The Balaban J connectivity index is 0.00000100. The fourth-order valence-corrected chi connectivity index (χ4v) is 5.93. The van der Waals surface area contributed by atoms with Crippen molar-refractivity contribution in [3.8, 4) is 0 Å². The van der Waals surface area contributed by atoms with Gasteiger partial charge in [-0.15, -0.1) is 0 Å². The smallest absolute Gasteiger partial charge is 0.219 e. The first kappa shape index (κ1) is 19.5. The van der Waals surface area contributed by atoms with Crippen LogP contribution in [-0.2, 0) is 4.79 Å². The second-order valence-corrected chi connectivity index (χ2v) is 8.31. The first-order chi connectivity index (χ1) is 11.6. The van der Waals surface area contributed by atoms with Gasteiger partial charge in [-0.1, -0.05) is 39.8 Å². The first-order valence-electron chi connectivity index (χ1n) is 10.5. The molecule has 3 aliphatic rings. The zero-order valence-electron chi connectivity index (χ0n) is 16.5. The molecular formula is C22H39NO. The van der Waals surface area contributed by atoms with Crippen LogP contribution in [0.5, 0.6) is 0 Å². The van der Waals surface area contributed by atoms with Crippen LogP contribution in [0, 0.1) is 29.1 Å². The number of carbonyl (C=O) groups excluding carboxylic acids is 1. The fourth-order valence-electron chi connectivity index (χ4n) is 5.93. The number of rotatable bonds is 5. The minimum Gasteiger partial charge on any atom is -0.356 e. The molecule has 0 aromatic rings. The predicted octanol–water partition coefficient (Wildman–Crippen LogP) is 5.73. The van der Waals surface area contributed by atoms with Crippen LogP contribution in [0.15, 0.2) is 12.2 Å². The van der Waals surface area contributed by atoms with Crippen molar-refractivity contribution in [2.45, 2.75) is 85.5 Å². The van der Waals surface area contributed by atoms with Crippen LogP contribution < -0.4 is 5.32 Å². The fraction of sp³-hybridized carbons (Fsp3) is 0.864. The van der Waals surface area contributed by atoms with Gasteiger partial charge in [-0.25, -0.2) is 0 Å². The lowest BCUT2D eigenvalue weighted by Gasteiger charge is -2.51. The number of fused-ring (bicyclic) bond motifs is 1. The average Bonchev–Trinajstić information content (AvgIpc) is 2.85. The molecule has 0 aliphatic heterocycles. The molecule has 3 saturated carbocycles. The Bertz CT molecular complexity index is 443. The Kier molecular flexibility index (Phi) is 6.95. The maximum atomic E-state index is 11.4. The van der Waals surface area contributed by atoms with Gasteiger partial charge in [0.1, 0.15) is 0 Å². The van der Waals surface area contributed by atoms with Crippen LogP contribution in [0.3, 0.4) is 0 Å². The summed E-state index contributed by atoms with van der Waals surface area (Å²) in [7, 11) is 0. The summed E-state index contributed by atoms with van der Waals surface area (Å²) in [6.45, 7) is 13.6. The molecule has 3 rings (SSSR count). The van der Waals surface area contributed by atoms with Crippen molar-refractivity contribution in [2.24, 2.45) is 29.1 Å². The lowest BCUT2D eigenvalue weighted by atomic mass is 9.53. The molecule has 0 radical (unpaired) electrons. The highest BCUT2D eigenvalue weighted by Gasteiger charge is 2.54. The van der Waals surface area contributed by atoms with Crippen molar-refractivity contribution in [3.63, 3.8) is 0 Å². The van der Waals surface area contributed by atoms with Crippen LogP contribution in [0.25, 0.3) is 0 Å². The van der Waals surface area contributed by atoms with Crippen LogP contribution >= 0.6 is 0 Å². The molecule has 24 heavy (non-hydrogen) atoms. The molecule has 0 aromatic heterocycles. The van der Waals surface area contributed by atoms with Crippen LogP contribution in [0.4, 0.5) is 0 Å². The molecule has 2 nitrogen and oxygen atoms in total. The number of allylic oxidation sites excluding steroid dienone is 1. The monoisotopic (exact) mass is 333 g/mol. The third-order valence-corrected chi connectivity index (χ3v) is 7.12. The van der Waals surface area contributed by atoms with E-state index in [1.165, 1.54) is 44.9 Å². The highest BCUT2D eigenvalue weighted by atomic mass is 16.1. The van der Waals surface area contributed by atoms with Crippen molar-refractivity contribution < 1.29 is 4.79 Å². The van der Waals surface area contributed by atoms with Crippen LogP contribution in [0.1, 0.15) is 85.5 Å². The average molecular weight is 334 g/mol. The molecular weight excluding hydrogens is 294 g/mol. The van der Waals surface area contributed by atoms with E-state index in [-0.39, 0.29) is 5.91 Å². The van der Waals surface area contributed by atoms with Crippen molar-refractivity contribution >= 4 is 5.91 Å². The lowest BCUT2D eigenvalue weighted by molar-refractivity contribution is -0.120. The lowest BCUT2D eigenvalue weighted by Crippen LogP contribution is -2.43. The van der Waals surface area contributed by atoms with Gasteiger partial charge in [0.05, 0.1) is 0 Å². The predicted molar refractivity (Wildman–Crippen MR) is 103 cm³/mol. The highest BCUT2D eigenvalue weighted by molar-refractivity contribution is 5.75.